The normalized spacial score (nSPS) is 30.4. The van der Waals surface area contributed by atoms with Crippen molar-refractivity contribution >= 4 is 24.0 Å². The van der Waals surface area contributed by atoms with Crippen molar-refractivity contribution in [3.8, 4) is 0 Å². The first-order chi connectivity index (χ1) is 10.3. The summed E-state index contributed by atoms with van der Waals surface area (Å²) in [7, 11) is 0. The molecule has 22 heavy (non-hydrogen) atoms. The maximum Gasteiger partial charge on any atom is 0.415 e. The highest BCUT2D eigenvalue weighted by atomic mass is 32.2. The molecule has 1 N–H and O–H groups in total. The van der Waals surface area contributed by atoms with Crippen LogP contribution in [0.5, 0.6) is 0 Å². The van der Waals surface area contributed by atoms with E-state index in [1.807, 2.05) is 6.92 Å². The number of hydrogen-bond acceptors (Lipinski definition) is 8. The minimum absolute atomic E-state index is 0.268. The van der Waals surface area contributed by atoms with E-state index in [1.54, 1.807) is 0 Å². The number of alkyl halides is 2. The molecule has 0 aromatic rings. The van der Waals surface area contributed by atoms with Crippen molar-refractivity contribution in [2.24, 2.45) is 11.8 Å². The number of fused-ring (bicyclic) bond motifs is 2. The van der Waals surface area contributed by atoms with Gasteiger partial charge in [-0.2, -0.15) is 8.78 Å². The van der Waals surface area contributed by atoms with Crippen LogP contribution in [0.15, 0.2) is 0 Å². The minimum Gasteiger partial charge on any atom is -0.457 e. The Bertz CT molecular complexity index is 447. The zero-order valence-corrected chi connectivity index (χ0v) is 12.6. The highest BCUT2D eigenvalue weighted by Crippen LogP contribution is 2.52. The molecular weight excluding hydrogens is 326 g/mol. The van der Waals surface area contributed by atoms with E-state index in [1.165, 1.54) is 0 Å². The molecule has 7 nitrogen and oxygen atoms in total. The third kappa shape index (κ3) is 3.86. The lowest BCUT2D eigenvalue weighted by Gasteiger charge is -2.33. The van der Waals surface area contributed by atoms with Crippen LogP contribution in [0.25, 0.3) is 0 Å². The van der Waals surface area contributed by atoms with Crippen LogP contribution in [0.3, 0.4) is 0 Å². The predicted molar refractivity (Wildman–Crippen MR) is 68.2 cm³/mol. The number of esters is 2. The largest absolute Gasteiger partial charge is 0.457 e. The van der Waals surface area contributed by atoms with Crippen molar-refractivity contribution in [3.05, 3.63) is 0 Å². The van der Waals surface area contributed by atoms with Gasteiger partial charge in [0.15, 0.2) is 6.61 Å². The van der Waals surface area contributed by atoms with Crippen LogP contribution < -0.4 is 0 Å². The Kier molecular flexibility index (Phi) is 5.25. The molecule has 10 heteroatoms. The van der Waals surface area contributed by atoms with Gasteiger partial charge >= 0.3 is 17.2 Å². The summed E-state index contributed by atoms with van der Waals surface area (Å²) in [6.45, 7) is 0.898. The molecule has 0 radical (unpaired) electrons. The summed E-state index contributed by atoms with van der Waals surface area (Å²) in [5.74, 6) is -2.07. The number of carbonyl (C=O) groups is 2. The second-order valence-corrected chi connectivity index (χ2v) is 6.50. The van der Waals surface area contributed by atoms with E-state index in [-0.39, 0.29) is 5.92 Å². The smallest absolute Gasteiger partial charge is 0.415 e. The van der Waals surface area contributed by atoms with Crippen LogP contribution in [0, 0.1) is 11.8 Å². The van der Waals surface area contributed by atoms with E-state index >= 15 is 0 Å². The van der Waals surface area contributed by atoms with Gasteiger partial charge in [0, 0.05) is 0 Å². The second-order valence-electron chi connectivity index (χ2n) is 5.69. The lowest BCUT2D eigenvalue weighted by molar-refractivity contribution is -0.433. The van der Waals surface area contributed by atoms with E-state index in [9.17, 15) is 18.4 Å². The van der Waals surface area contributed by atoms with Gasteiger partial charge in [-0.25, -0.2) is 14.8 Å². The molecule has 2 aliphatic carbocycles. The van der Waals surface area contributed by atoms with Crippen LogP contribution in [0.4, 0.5) is 8.78 Å². The van der Waals surface area contributed by atoms with Crippen LogP contribution in [-0.4, -0.2) is 34.7 Å². The topological polar surface area (TPSA) is 91.3 Å². The summed E-state index contributed by atoms with van der Waals surface area (Å²) < 4.78 is 39.2. The summed E-state index contributed by atoms with van der Waals surface area (Å²) >= 11 is -0.752. The van der Waals surface area contributed by atoms with Crippen LogP contribution in [0.2, 0.25) is 0 Å². The Labute approximate surface area is 129 Å². The molecule has 0 amide bonds. The van der Waals surface area contributed by atoms with Gasteiger partial charge in [-0.05, 0) is 44.4 Å². The lowest BCUT2D eigenvalue weighted by Crippen LogP contribution is -2.39. The summed E-state index contributed by atoms with van der Waals surface area (Å²) in [4.78, 5) is 22.8. The summed E-state index contributed by atoms with van der Waals surface area (Å²) in [6.07, 6.45) is 3.83. The Balaban J connectivity index is 1.77. The monoisotopic (exact) mass is 342 g/mol. The van der Waals surface area contributed by atoms with Crippen molar-refractivity contribution in [2.75, 3.05) is 6.61 Å². The Hall–Kier alpha value is -0.970. The van der Waals surface area contributed by atoms with Crippen molar-refractivity contribution in [3.63, 3.8) is 0 Å². The average Bonchev–Trinajstić information content (AvgIpc) is 3.02. The number of ether oxygens (including phenoxy) is 2. The molecular formula is C12H16F2O7S. The van der Waals surface area contributed by atoms with Crippen molar-refractivity contribution in [2.45, 2.75) is 43.5 Å². The second kappa shape index (κ2) is 6.65. The first kappa shape index (κ1) is 17.4. The molecule has 0 heterocycles. The number of halogens is 2. The van der Waals surface area contributed by atoms with Gasteiger partial charge in [-0.3, -0.25) is 0 Å². The molecule has 0 aromatic heterocycles. The third-order valence-electron chi connectivity index (χ3n) is 4.17. The number of hydrogen-bond donors (Lipinski definition) is 1. The van der Waals surface area contributed by atoms with E-state index in [0.29, 0.717) is 5.92 Å². The molecule has 0 aliphatic heterocycles. The van der Waals surface area contributed by atoms with Crippen LogP contribution >= 0.6 is 12.0 Å². The third-order valence-corrected chi connectivity index (χ3v) is 4.68. The molecule has 2 rings (SSSR count). The maximum absolute atomic E-state index is 13.1. The van der Waals surface area contributed by atoms with E-state index in [0.717, 1.165) is 25.7 Å². The average molecular weight is 342 g/mol. The highest BCUT2D eigenvalue weighted by molar-refractivity contribution is 7.96. The standard InChI is InChI=1S/C12H16F2O7S/c1-11(5-7-2-3-8(11)4-7)19-9(15)6-18-10(16)12(13,14)22-21-20-17/h7-8,17H,2-6H2,1H3. The first-order valence-corrected chi connectivity index (χ1v) is 7.44. The van der Waals surface area contributed by atoms with Gasteiger partial charge in [0.05, 0.1) is 0 Å². The molecule has 2 fully saturated rings. The van der Waals surface area contributed by atoms with E-state index in [4.69, 9.17) is 9.99 Å². The summed E-state index contributed by atoms with van der Waals surface area (Å²) in [5.41, 5.74) is -0.614. The predicted octanol–water partition coefficient (Wildman–Crippen LogP) is 2.31. The zero-order valence-electron chi connectivity index (χ0n) is 11.8. The van der Waals surface area contributed by atoms with Gasteiger partial charge in [0.25, 0.3) is 0 Å². The molecule has 2 saturated carbocycles. The van der Waals surface area contributed by atoms with E-state index < -0.39 is 41.4 Å². The first-order valence-electron chi connectivity index (χ1n) is 6.69. The highest BCUT2D eigenvalue weighted by Gasteiger charge is 2.51. The summed E-state index contributed by atoms with van der Waals surface area (Å²) in [5, 5.41) is 6.61. The van der Waals surface area contributed by atoms with Gasteiger partial charge in [-0.15, -0.1) is 4.33 Å². The van der Waals surface area contributed by atoms with Crippen molar-refractivity contribution in [1.82, 2.24) is 0 Å². The number of carbonyl (C=O) groups excluding carboxylic acids is 2. The fraction of sp³-hybridized carbons (Fsp3) is 0.833. The SMILES string of the molecule is CC1(OC(=O)COC(=O)C(F)(F)SOOO)CC2CCC1C2. The molecule has 3 unspecified atom stereocenters. The quantitative estimate of drug-likeness (QED) is 0.326. The Morgan fingerprint density at radius 1 is 1.41 bits per heavy atom. The van der Waals surface area contributed by atoms with Gasteiger partial charge in [0.2, 0.25) is 0 Å². The molecule has 3 atom stereocenters. The zero-order chi connectivity index (χ0) is 16.4. The summed E-state index contributed by atoms with van der Waals surface area (Å²) in [6, 6.07) is 0. The molecule has 0 saturated heterocycles. The van der Waals surface area contributed by atoms with Gasteiger partial charge in [-0.1, -0.05) is 5.04 Å². The number of rotatable bonds is 7. The van der Waals surface area contributed by atoms with Crippen LogP contribution in [0.1, 0.15) is 32.6 Å². The molecule has 0 spiro atoms. The molecule has 126 valence electrons. The van der Waals surface area contributed by atoms with Crippen molar-refractivity contribution < 1.29 is 42.5 Å². The van der Waals surface area contributed by atoms with Gasteiger partial charge < -0.3 is 9.47 Å². The fourth-order valence-corrected chi connectivity index (χ4v) is 3.51. The maximum atomic E-state index is 13.1. The van der Waals surface area contributed by atoms with Crippen LogP contribution in [-0.2, 0) is 28.4 Å². The Morgan fingerprint density at radius 2 is 2.14 bits per heavy atom. The lowest BCUT2D eigenvalue weighted by atomic mass is 9.86. The molecule has 2 bridgehead atoms. The Morgan fingerprint density at radius 3 is 2.68 bits per heavy atom. The van der Waals surface area contributed by atoms with Gasteiger partial charge in [0.1, 0.15) is 17.6 Å². The van der Waals surface area contributed by atoms with Crippen molar-refractivity contribution in [1.29, 1.82) is 0 Å². The fourth-order valence-electron chi connectivity index (χ4n) is 3.27. The molecule has 2 aliphatic rings. The van der Waals surface area contributed by atoms with E-state index in [2.05, 4.69) is 14.1 Å². The minimum atomic E-state index is -4.13. The molecule has 0 aromatic carbocycles.